The highest BCUT2D eigenvalue weighted by molar-refractivity contribution is 8.14. The molecule has 0 bridgehead atoms. The number of carbonyl (C=O) groups is 1. The van der Waals surface area contributed by atoms with E-state index in [1.165, 1.54) is 22.9 Å². The Hall–Kier alpha value is -2.15. The van der Waals surface area contributed by atoms with Crippen LogP contribution in [0.2, 0.25) is 0 Å². The molecular weight excluding hydrogens is 352 g/mol. The Bertz CT molecular complexity index is 818. The average molecular weight is 374 g/mol. The van der Waals surface area contributed by atoms with Crippen molar-refractivity contribution in [3.63, 3.8) is 0 Å². The van der Waals surface area contributed by atoms with E-state index in [1.54, 1.807) is 14.2 Å². The molecule has 1 atom stereocenters. The quantitative estimate of drug-likeness (QED) is 0.755. The number of rotatable bonds is 4. The number of fused-ring (bicyclic) bond motifs is 4. The SMILES string of the molecule is CCO/N=C1\CC2c3cc(OC)c(OC)cc3CCN2C2=C1C(=O)SC2. The Kier molecular flexibility index (Phi) is 4.56. The number of hydrogen-bond donors (Lipinski definition) is 0. The number of methoxy groups -OCH3 is 2. The van der Waals surface area contributed by atoms with Crippen molar-refractivity contribution in [2.45, 2.75) is 25.8 Å². The Labute approximate surface area is 157 Å². The first-order valence-corrected chi connectivity index (χ1v) is 9.77. The second-order valence-electron chi connectivity index (χ2n) is 6.42. The van der Waals surface area contributed by atoms with Crippen LogP contribution in [-0.4, -0.2) is 48.9 Å². The fourth-order valence-electron chi connectivity index (χ4n) is 3.99. The number of ether oxygens (including phenoxy) is 2. The zero-order valence-electron chi connectivity index (χ0n) is 15.2. The summed E-state index contributed by atoms with van der Waals surface area (Å²) in [6, 6.07) is 4.28. The number of carbonyl (C=O) groups excluding carboxylic acids is 1. The molecule has 6 nitrogen and oxygen atoms in total. The zero-order chi connectivity index (χ0) is 18.3. The molecule has 0 amide bonds. The minimum absolute atomic E-state index is 0.106. The van der Waals surface area contributed by atoms with Crippen LogP contribution in [0.4, 0.5) is 0 Å². The number of thioether (sulfide) groups is 1. The fraction of sp³-hybridized carbons (Fsp3) is 0.474. The third-order valence-corrected chi connectivity index (χ3v) is 6.05. The van der Waals surface area contributed by atoms with Crippen molar-refractivity contribution < 1.29 is 19.1 Å². The van der Waals surface area contributed by atoms with Gasteiger partial charge in [-0.3, -0.25) is 4.79 Å². The average Bonchev–Trinajstić information content (AvgIpc) is 3.06. The van der Waals surface area contributed by atoms with Crippen molar-refractivity contribution in [3.8, 4) is 11.5 Å². The van der Waals surface area contributed by atoms with Crippen molar-refractivity contribution in [3.05, 3.63) is 34.5 Å². The predicted molar refractivity (Wildman–Crippen MR) is 101 cm³/mol. The number of oxime groups is 1. The Morgan fingerprint density at radius 1 is 1.27 bits per heavy atom. The van der Waals surface area contributed by atoms with E-state index < -0.39 is 0 Å². The molecule has 26 heavy (non-hydrogen) atoms. The topological polar surface area (TPSA) is 60.4 Å². The third-order valence-electron chi connectivity index (χ3n) is 5.16. The molecule has 3 aliphatic rings. The molecule has 1 unspecified atom stereocenters. The summed E-state index contributed by atoms with van der Waals surface area (Å²) in [7, 11) is 3.31. The van der Waals surface area contributed by atoms with Crippen LogP contribution in [0.3, 0.4) is 0 Å². The van der Waals surface area contributed by atoms with Crippen molar-refractivity contribution in [2.24, 2.45) is 5.16 Å². The highest BCUT2D eigenvalue weighted by Gasteiger charge is 2.42. The molecule has 0 radical (unpaired) electrons. The maximum atomic E-state index is 12.4. The van der Waals surface area contributed by atoms with Crippen LogP contribution in [-0.2, 0) is 16.1 Å². The van der Waals surface area contributed by atoms with Crippen molar-refractivity contribution in [1.29, 1.82) is 0 Å². The van der Waals surface area contributed by atoms with Gasteiger partial charge < -0.3 is 19.2 Å². The highest BCUT2D eigenvalue weighted by Crippen LogP contribution is 2.47. The molecule has 0 N–H and O–H groups in total. The third kappa shape index (κ3) is 2.65. The Balaban J connectivity index is 1.80. The summed E-state index contributed by atoms with van der Waals surface area (Å²) >= 11 is 1.35. The second kappa shape index (κ2) is 6.87. The summed E-state index contributed by atoms with van der Waals surface area (Å²) in [6.07, 6.45) is 1.58. The lowest BCUT2D eigenvalue weighted by Gasteiger charge is -2.43. The predicted octanol–water partition coefficient (Wildman–Crippen LogP) is 2.93. The molecule has 3 aliphatic heterocycles. The van der Waals surface area contributed by atoms with Crippen LogP contribution in [0.15, 0.2) is 28.6 Å². The van der Waals surface area contributed by atoms with E-state index in [0.717, 1.165) is 41.4 Å². The van der Waals surface area contributed by atoms with Crippen molar-refractivity contribution in [1.82, 2.24) is 4.90 Å². The largest absolute Gasteiger partial charge is 0.493 e. The van der Waals surface area contributed by atoms with E-state index in [1.807, 2.05) is 6.92 Å². The summed E-state index contributed by atoms with van der Waals surface area (Å²) in [5.74, 6) is 2.19. The van der Waals surface area contributed by atoms with Gasteiger partial charge in [0, 0.05) is 24.4 Å². The standard InChI is InChI=1S/C19H22N2O4S/c1-4-25-20-13-9-14-12-8-17(24-3)16(23-2)7-11(12)5-6-21(14)15-10-26-19(22)18(13)15/h7-8,14H,4-6,9-10H2,1-3H3/b20-13+. The minimum Gasteiger partial charge on any atom is -0.493 e. The number of nitrogens with zero attached hydrogens (tertiary/aromatic N) is 2. The van der Waals surface area contributed by atoms with Gasteiger partial charge in [-0.25, -0.2) is 0 Å². The second-order valence-corrected chi connectivity index (χ2v) is 7.37. The molecule has 0 saturated heterocycles. The van der Waals surface area contributed by atoms with E-state index in [-0.39, 0.29) is 11.2 Å². The van der Waals surface area contributed by atoms with E-state index >= 15 is 0 Å². The van der Waals surface area contributed by atoms with Gasteiger partial charge >= 0.3 is 0 Å². The van der Waals surface area contributed by atoms with Gasteiger partial charge in [0.15, 0.2) is 11.5 Å². The maximum absolute atomic E-state index is 12.4. The van der Waals surface area contributed by atoms with E-state index in [4.69, 9.17) is 14.3 Å². The molecule has 0 spiro atoms. The minimum atomic E-state index is 0.106. The first kappa shape index (κ1) is 17.3. The summed E-state index contributed by atoms with van der Waals surface area (Å²) in [5, 5.41) is 4.38. The summed E-state index contributed by atoms with van der Waals surface area (Å²) in [5.41, 5.74) is 5.09. The lowest BCUT2D eigenvalue weighted by Crippen LogP contribution is -2.41. The van der Waals surface area contributed by atoms with E-state index in [2.05, 4.69) is 22.2 Å². The first-order valence-electron chi connectivity index (χ1n) is 8.78. The lowest BCUT2D eigenvalue weighted by molar-refractivity contribution is -0.107. The van der Waals surface area contributed by atoms with Crippen molar-refractivity contribution >= 4 is 22.6 Å². The molecule has 0 aliphatic carbocycles. The van der Waals surface area contributed by atoms with Crippen molar-refractivity contribution in [2.75, 3.05) is 33.1 Å². The van der Waals surface area contributed by atoms with Gasteiger partial charge in [0.2, 0.25) is 5.12 Å². The zero-order valence-corrected chi connectivity index (χ0v) is 16.0. The molecule has 0 fully saturated rings. The molecule has 4 rings (SSSR count). The van der Waals surface area contributed by atoms with Crippen LogP contribution < -0.4 is 9.47 Å². The van der Waals surface area contributed by atoms with Gasteiger partial charge in [-0.15, -0.1) is 0 Å². The molecule has 138 valence electrons. The first-order chi connectivity index (χ1) is 12.7. The van der Waals surface area contributed by atoms with Gasteiger partial charge in [-0.1, -0.05) is 16.9 Å². The number of hydrogen-bond acceptors (Lipinski definition) is 7. The van der Waals surface area contributed by atoms with E-state index in [9.17, 15) is 4.79 Å². The molecule has 0 aromatic heterocycles. The van der Waals surface area contributed by atoms with Crippen LogP contribution >= 0.6 is 11.8 Å². The summed E-state index contributed by atoms with van der Waals surface area (Å²) in [4.78, 5) is 20.1. The molecule has 3 heterocycles. The van der Waals surface area contributed by atoms with Gasteiger partial charge in [0.05, 0.1) is 31.5 Å². The van der Waals surface area contributed by atoms with E-state index in [0.29, 0.717) is 18.8 Å². The van der Waals surface area contributed by atoms with Crippen LogP contribution in [0, 0.1) is 0 Å². The summed E-state index contributed by atoms with van der Waals surface area (Å²) in [6.45, 7) is 3.28. The molecular formula is C19H22N2O4S. The number of benzene rings is 1. The monoisotopic (exact) mass is 374 g/mol. The fourth-order valence-corrected chi connectivity index (χ4v) is 4.95. The van der Waals surface area contributed by atoms with Gasteiger partial charge in [-0.05, 0) is 36.6 Å². The van der Waals surface area contributed by atoms with Crippen LogP contribution in [0.25, 0.3) is 0 Å². The van der Waals surface area contributed by atoms with Gasteiger partial charge in [-0.2, -0.15) is 0 Å². The highest BCUT2D eigenvalue weighted by atomic mass is 32.2. The summed E-state index contributed by atoms with van der Waals surface area (Å²) < 4.78 is 11.0. The van der Waals surface area contributed by atoms with Crippen LogP contribution in [0.5, 0.6) is 11.5 Å². The molecule has 1 aromatic rings. The molecule has 7 heteroatoms. The Morgan fingerprint density at radius 3 is 2.77 bits per heavy atom. The lowest BCUT2D eigenvalue weighted by atomic mass is 9.84. The maximum Gasteiger partial charge on any atom is 0.223 e. The Morgan fingerprint density at radius 2 is 2.04 bits per heavy atom. The normalized spacial score (nSPS) is 22.9. The van der Waals surface area contributed by atoms with Gasteiger partial charge in [0.1, 0.15) is 6.61 Å². The van der Waals surface area contributed by atoms with Crippen LogP contribution in [0.1, 0.15) is 30.5 Å². The molecule has 0 saturated carbocycles. The molecule has 1 aromatic carbocycles. The smallest absolute Gasteiger partial charge is 0.223 e. The van der Waals surface area contributed by atoms with Gasteiger partial charge in [0.25, 0.3) is 0 Å².